The van der Waals surface area contributed by atoms with Crippen LogP contribution in [0.2, 0.25) is 5.02 Å². The van der Waals surface area contributed by atoms with Crippen LogP contribution in [0.5, 0.6) is 11.5 Å². The van der Waals surface area contributed by atoms with Crippen molar-refractivity contribution < 1.29 is 23.8 Å². The van der Waals surface area contributed by atoms with Gasteiger partial charge in [-0.05, 0) is 60.9 Å². The summed E-state index contributed by atoms with van der Waals surface area (Å²) in [4.78, 5) is 23.5. The molecule has 0 aliphatic heterocycles. The number of methoxy groups -OCH3 is 1. The highest BCUT2D eigenvalue weighted by Crippen LogP contribution is 2.26. The molecule has 0 fully saturated rings. The van der Waals surface area contributed by atoms with Crippen LogP contribution in [0.3, 0.4) is 0 Å². The number of hydrogen-bond acceptors (Lipinski definition) is 6. The molecule has 0 bridgehead atoms. The van der Waals surface area contributed by atoms with Crippen LogP contribution in [0.15, 0.2) is 42.0 Å². The Balaban J connectivity index is 2.04. The zero-order valence-corrected chi connectivity index (χ0v) is 16.4. The summed E-state index contributed by atoms with van der Waals surface area (Å²) in [6, 6.07) is 11.6. The fourth-order valence-corrected chi connectivity index (χ4v) is 2.48. The van der Waals surface area contributed by atoms with Gasteiger partial charge in [-0.3, -0.25) is 0 Å². The molecule has 28 heavy (non-hydrogen) atoms. The van der Waals surface area contributed by atoms with E-state index in [4.69, 9.17) is 26.3 Å². The zero-order chi connectivity index (χ0) is 20.7. The Hall–Kier alpha value is -3.30. The SMILES string of the molecule is COC(=O)/C(C#N)=C/c1cccc(OC(=O)COc2cc(C)c(Cl)c(C)c2)c1. The minimum absolute atomic E-state index is 0.164. The van der Waals surface area contributed by atoms with Crippen LogP contribution in [0.1, 0.15) is 16.7 Å². The number of halogens is 1. The largest absolute Gasteiger partial charge is 0.482 e. The van der Waals surface area contributed by atoms with E-state index in [0.717, 1.165) is 11.1 Å². The maximum atomic E-state index is 12.1. The molecule has 6 nitrogen and oxygen atoms in total. The van der Waals surface area contributed by atoms with E-state index in [1.807, 2.05) is 13.8 Å². The topological polar surface area (TPSA) is 85.6 Å². The maximum Gasteiger partial charge on any atom is 0.349 e. The fourth-order valence-electron chi connectivity index (χ4n) is 2.37. The van der Waals surface area contributed by atoms with Crippen molar-refractivity contribution in [1.29, 1.82) is 5.26 Å². The monoisotopic (exact) mass is 399 g/mol. The quantitative estimate of drug-likeness (QED) is 0.315. The second-order valence-electron chi connectivity index (χ2n) is 5.87. The van der Waals surface area contributed by atoms with Crippen molar-refractivity contribution in [2.24, 2.45) is 0 Å². The maximum absolute atomic E-state index is 12.1. The third-order valence-electron chi connectivity index (χ3n) is 3.69. The van der Waals surface area contributed by atoms with Crippen molar-refractivity contribution in [1.82, 2.24) is 0 Å². The first-order valence-corrected chi connectivity index (χ1v) is 8.62. The minimum atomic E-state index is -0.744. The first-order valence-electron chi connectivity index (χ1n) is 8.24. The van der Waals surface area contributed by atoms with E-state index < -0.39 is 11.9 Å². The second kappa shape index (κ2) is 9.58. The molecule has 0 saturated heterocycles. The first-order chi connectivity index (χ1) is 13.3. The van der Waals surface area contributed by atoms with Gasteiger partial charge in [-0.15, -0.1) is 0 Å². The third kappa shape index (κ3) is 5.60. The lowest BCUT2D eigenvalue weighted by molar-refractivity contribution is -0.137. The van der Waals surface area contributed by atoms with Crippen LogP contribution < -0.4 is 9.47 Å². The highest BCUT2D eigenvalue weighted by molar-refractivity contribution is 6.32. The Morgan fingerprint density at radius 1 is 1.14 bits per heavy atom. The van der Waals surface area contributed by atoms with Gasteiger partial charge < -0.3 is 14.2 Å². The predicted molar refractivity (Wildman–Crippen MR) is 104 cm³/mol. The van der Waals surface area contributed by atoms with E-state index in [2.05, 4.69) is 4.74 Å². The van der Waals surface area contributed by atoms with Crippen molar-refractivity contribution in [3.8, 4) is 17.6 Å². The molecule has 2 aromatic rings. The van der Waals surface area contributed by atoms with Gasteiger partial charge in [-0.1, -0.05) is 23.7 Å². The zero-order valence-electron chi connectivity index (χ0n) is 15.6. The molecule has 0 amide bonds. The number of esters is 2. The van der Waals surface area contributed by atoms with Gasteiger partial charge in [-0.25, -0.2) is 9.59 Å². The van der Waals surface area contributed by atoms with E-state index in [9.17, 15) is 9.59 Å². The number of carbonyl (C=O) groups excluding carboxylic acids is 2. The molecule has 0 saturated carbocycles. The summed E-state index contributed by atoms with van der Waals surface area (Å²) in [5, 5.41) is 9.66. The predicted octanol–water partition coefficient (Wildman–Crippen LogP) is 4.02. The third-order valence-corrected chi connectivity index (χ3v) is 4.29. The molecular formula is C21H18ClNO5. The Morgan fingerprint density at radius 2 is 1.82 bits per heavy atom. The molecule has 0 N–H and O–H groups in total. The number of hydrogen-bond donors (Lipinski definition) is 0. The van der Waals surface area contributed by atoms with Crippen molar-refractivity contribution >= 4 is 29.6 Å². The number of nitrogens with zero attached hydrogens (tertiary/aromatic N) is 1. The molecule has 0 aliphatic carbocycles. The molecule has 7 heteroatoms. The average molecular weight is 400 g/mol. The van der Waals surface area contributed by atoms with Crippen LogP contribution in [0.25, 0.3) is 6.08 Å². The normalized spacial score (nSPS) is 10.8. The lowest BCUT2D eigenvalue weighted by atomic mass is 10.1. The molecule has 0 aliphatic rings. The van der Waals surface area contributed by atoms with Gasteiger partial charge in [0.05, 0.1) is 7.11 Å². The van der Waals surface area contributed by atoms with Gasteiger partial charge >= 0.3 is 11.9 Å². The van der Waals surface area contributed by atoms with E-state index in [0.29, 0.717) is 16.3 Å². The van der Waals surface area contributed by atoms with Crippen molar-refractivity contribution in [3.05, 3.63) is 63.7 Å². The molecule has 0 spiro atoms. The van der Waals surface area contributed by atoms with E-state index in [1.54, 1.807) is 36.4 Å². The summed E-state index contributed by atoms with van der Waals surface area (Å²) < 4.78 is 15.2. The number of carbonyl (C=O) groups is 2. The molecule has 0 radical (unpaired) electrons. The van der Waals surface area contributed by atoms with Crippen molar-refractivity contribution in [2.75, 3.05) is 13.7 Å². The Bertz CT molecular complexity index is 952. The molecule has 2 aromatic carbocycles. The number of nitriles is 1. The fraction of sp³-hybridized carbons (Fsp3) is 0.190. The van der Waals surface area contributed by atoms with E-state index in [1.165, 1.54) is 19.3 Å². The Kier molecular flexibility index (Phi) is 7.19. The number of benzene rings is 2. The molecule has 0 heterocycles. The van der Waals surface area contributed by atoms with Crippen LogP contribution in [-0.4, -0.2) is 25.7 Å². The molecular weight excluding hydrogens is 382 g/mol. The second-order valence-corrected chi connectivity index (χ2v) is 6.25. The number of rotatable bonds is 6. The summed E-state index contributed by atoms with van der Waals surface area (Å²) in [7, 11) is 1.19. The highest BCUT2D eigenvalue weighted by Gasteiger charge is 2.11. The average Bonchev–Trinajstić information content (AvgIpc) is 2.68. The van der Waals surface area contributed by atoms with Gasteiger partial charge in [0, 0.05) is 5.02 Å². The van der Waals surface area contributed by atoms with Gasteiger partial charge in [0.15, 0.2) is 6.61 Å². The Labute approximate surface area is 167 Å². The smallest absolute Gasteiger partial charge is 0.349 e. The summed E-state index contributed by atoms with van der Waals surface area (Å²) in [6.07, 6.45) is 1.35. The van der Waals surface area contributed by atoms with Gasteiger partial charge in [0.25, 0.3) is 0 Å². The van der Waals surface area contributed by atoms with Crippen molar-refractivity contribution in [2.45, 2.75) is 13.8 Å². The summed E-state index contributed by atoms with van der Waals surface area (Å²) >= 11 is 6.11. The molecule has 144 valence electrons. The minimum Gasteiger partial charge on any atom is -0.482 e. The van der Waals surface area contributed by atoms with Crippen molar-refractivity contribution in [3.63, 3.8) is 0 Å². The number of aryl methyl sites for hydroxylation is 2. The summed E-state index contributed by atoms with van der Waals surface area (Å²) in [6.45, 7) is 3.42. The standard InChI is InChI=1S/C21H18ClNO5/c1-13-7-18(8-14(2)20(13)22)27-12-19(24)28-17-6-4-5-15(10-17)9-16(11-23)21(25)26-3/h4-10H,12H2,1-3H3/b16-9+. The first kappa shape index (κ1) is 21.0. The van der Waals surface area contributed by atoms with E-state index >= 15 is 0 Å². The molecule has 0 aromatic heterocycles. The molecule has 0 unspecified atom stereocenters. The lowest BCUT2D eigenvalue weighted by Crippen LogP contribution is -2.17. The lowest BCUT2D eigenvalue weighted by Gasteiger charge is -2.10. The highest BCUT2D eigenvalue weighted by atomic mass is 35.5. The van der Waals surface area contributed by atoms with Gasteiger partial charge in [0.1, 0.15) is 23.1 Å². The molecule has 0 atom stereocenters. The van der Waals surface area contributed by atoms with Crippen LogP contribution in [-0.2, 0) is 14.3 Å². The summed E-state index contributed by atoms with van der Waals surface area (Å²) in [5.41, 5.74) is 2.05. The Morgan fingerprint density at radius 3 is 2.43 bits per heavy atom. The number of ether oxygens (including phenoxy) is 3. The van der Waals surface area contributed by atoms with Crippen LogP contribution in [0, 0.1) is 25.2 Å². The van der Waals surface area contributed by atoms with Gasteiger partial charge in [-0.2, -0.15) is 5.26 Å². The van der Waals surface area contributed by atoms with E-state index in [-0.39, 0.29) is 17.9 Å². The molecule has 2 rings (SSSR count). The van der Waals surface area contributed by atoms with Gasteiger partial charge in [0.2, 0.25) is 0 Å². The van der Waals surface area contributed by atoms with Crippen LogP contribution in [0.4, 0.5) is 0 Å². The van der Waals surface area contributed by atoms with Crippen LogP contribution >= 0.6 is 11.6 Å². The summed E-state index contributed by atoms with van der Waals surface area (Å²) in [5.74, 6) is -0.565.